The average Bonchev–Trinajstić information content (AvgIpc) is 2.67. The van der Waals surface area contributed by atoms with Crippen LogP contribution in [-0.2, 0) is 14.0 Å². The van der Waals surface area contributed by atoms with Gasteiger partial charge >= 0.3 is 7.60 Å². The normalized spacial score (nSPS) is 20.9. The molecule has 1 aromatic carbocycles. The van der Waals surface area contributed by atoms with E-state index in [0.717, 1.165) is 12.0 Å². The lowest BCUT2D eigenvalue weighted by molar-refractivity contribution is -0.202. The van der Waals surface area contributed by atoms with Crippen LogP contribution in [0, 0.1) is 0 Å². The summed E-state index contributed by atoms with van der Waals surface area (Å²) in [6.45, 7) is 11.5. The highest BCUT2D eigenvalue weighted by atomic mass is 31.2. The van der Waals surface area contributed by atoms with Crippen LogP contribution in [-0.4, -0.2) is 35.1 Å². The van der Waals surface area contributed by atoms with Crippen molar-refractivity contribution in [2.24, 2.45) is 0 Å². The highest BCUT2D eigenvalue weighted by molar-refractivity contribution is 7.53. The number of benzene rings is 1. The minimum absolute atomic E-state index is 0.155. The highest BCUT2D eigenvalue weighted by Gasteiger charge is 2.38. The first kappa shape index (κ1) is 23.2. The number of hydrogen-bond acceptors (Lipinski definition) is 5. The first-order valence-corrected chi connectivity index (χ1v) is 11.0. The minimum Gasteiger partial charge on any atom is -0.497 e. The van der Waals surface area contributed by atoms with E-state index in [1.165, 1.54) is 6.08 Å². The molecule has 1 atom stereocenters. The summed E-state index contributed by atoms with van der Waals surface area (Å²) in [7, 11) is -3.05. The molecular formula is C21H30NO6P. The lowest BCUT2D eigenvalue weighted by Gasteiger charge is -2.37. The Hall–Kier alpha value is -2.05. The van der Waals surface area contributed by atoms with Crippen LogP contribution in [0.5, 0.6) is 5.75 Å². The molecule has 1 aliphatic rings. The number of allylic oxidation sites excluding steroid dienone is 1. The summed E-state index contributed by atoms with van der Waals surface area (Å²) in [6, 6.07) is 6.80. The van der Waals surface area contributed by atoms with Gasteiger partial charge in [-0.15, -0.1) is 0 Å². The highest BCUT2D eigenvalue weighted by Crippen LogP contribution is 2.48. The zero-order valence-corrected chi connectivity index (χ0v) is 18.5. The monoisotopic (exact) mass is 423 g/mol. The van der Waals surface area contributed by atoms with Crippen molar-refractivity contribution in [1.82, 2.24) is 0 Å². The number of nitrogens with one attached hydrogen (secondary N) is 1. The maximum absolute atomic E-state index is 12.4. The molecule has 0 radical (unpaired) electrons. The summed E-state index contributed by atoms with van der Waals surface area (Å²) in [4.78, 5) is 20.2. The molecule has 0 aliphatic carbocycles. The largest absolute Gasteiger partial charge is 0.497 e. The van der Waals surface area contributed by atoms with Gasteiger partial charge in [0.2, 0.25) is 5.79 Å². The van der Waals surface area contributed by atoms with Gasteiger partial charge in [0.05, 0.1) is 13.7 Å². The van der Waals surface area contributed by atoms with Crippen molar-refractivity contribution in [1.29, 1.82) is 0 Å². The predicted molar refractivity (Wildman–Crippen MR) is 114 cm³/mol. The molecule has 0 aromatic heterocycles. The first-order chi connectivity index (χ1) is 13.5. The van der Waals surface area contributed by atoms with Crippen molar-refractivity contribution < 1.29 is 28.6 Å². The molecule has 29 heavy (non-hydrogen) atoms. The fraction of sp³-hybridized carbons (Fsp3) is 0.429. The standard InChI is InChI=1S/C21H30NO6P/c1-7-14(3)19-18(13-27-21(4,5)28-19)17(8-2)20(29(23,24)25)22-15-9-11-16(26-6)12-10-15/h8-12,20,22H,2,7,13H2,1,3-6H3,(H2,23,24,25)/b18-17+,19-14+. The zero-order chi connectivity index (χ0) is 21.8. The van der Waals surface area contributed by atoms with E-state index in [2.05, 4.69) is 11.9 Å². The van der Waals surface area contributed by atoms with Crippen LogP contribution in [0.1, 0.15) is 34.1 Å². The van der Waals surface area contributed by atoms with Crippen LogP contribution < -0.4 is 10.1 Å². The Bertz CT molecular complexity index is 850. The van der Waals surface area contributed by atoms with E-state index >= 15 is 0 Å². The molecule has 1 fully saturated rings. The van der Waals surface area contributed by atoms with E-state index in [1.807, 2.05) is 13.8 Å². The van der Waals surface area contributed by atoms with Gasteiger partial charge in [0.15, 0.2) is 5.78 Å². The second kappa shape index (κ2) is 9.18. The summed E-state index contributed by atoms with van der Waals surface area (Å²) in [5.41, 5.74) is 2.42. The van der Waals surface area contributed by atoms with E-state index < -0.39 is 19.2 Å². The number of rotatable bonds is 7. The maximum Gasteiger partial charge on any atom is 0.352 e. The number of hydrogen-bond donors (Lipinski definition) is 3. The Morgan fingerprint density at radius 1 is 1.38 bits per heavy atom. The fourth-order valence-corrected chi connectivity index (χ4v) is 3.90. The lowest BCUT2D eigenvalue weighted by Crippen LogP contribution is -2.36. The van der Waals surface area contributed by atoms with Gasteiger partial charge in [-0.05, 0) is 48.8 Å². The third-order valence-corrected chi connectivity index (χ3v) is 5.78. The molecule has 1 heterocycles. The molecule has 1 saturated heterocycles. The molecule has 8 heteroatoms. The molecule has 160 valence electrons. The number of methoxy groups -OCH3 is 1. The van der Waals surface area contributed by atoms with Crippen molar-refractivity contribution >= 4 is 13.3 Å². The Kier molecular flexibility index (Phi) is 7.35. The lowest BCUT2D eigenvalue weighted by atomic mass is 10.0. The van der Waals surface area contributed by atoms with Gasteiger partial charge in [0.1, 0.15) is 11.5 Å². The van der Waals surface area contributed by atoms with Gasteiger partial charge in [-0.1, -0.05) is 19.6 Å². The summed E-state index contributed by atoms with van der Waals surface area (Å²) in [6.07, 6.45) is 2.18. The van der Waals surface area contributed by atoms with E-state index in [1.54, 1.807) is 45.2 Å². The fourth-order valence-electron chi connectivity index (χ4n) is 2.96. The number of anilines is 1. The molecule has 2 rings (SSSR count). The van der Waals surface area contributed by atoms with E-state index in [0.29, 0.717) is 28.3 Å². The van der Waals surface area contributed by atoms with Crippen molar-refractivity contribution in [3.05, 3.63) is 59.4 Å². The molecule has 1 unspecified atom stereocenters. The zero-order valence-electron chi connectivity index (χ0n) is 17.6. The predicted octanol–water partition coefficient (Wildman–Crippen LogP) is 4.56. The summed E-state index contributed by atoms with van der Waals surface area (Å²) in [5.74, 6) is -0.904. The minimum atomic E-state index is -4.60. The second-order valence-corrected chi connectivity index (χ2v) is 8.95. The third-order valence-electron chi connectivity index (χ3n) is 4.70. The Balaban J connectivity index is 2.56. The molecule has 0 amide bonds. The second-order valence-electron chi connectivity index (χ2n) is 7.26. The van der Waals surface area contributed by atoms with Crippen molar-refractivity contribution in [3.63, 3.8) is 0 Å². The van der Waals surface area contributed by atoms with Crippen molar-refractivity contribution in [2.45, 2.75) is 45.7 Å². The molecule has 0 saturated carbocycles. The van der Waals surface area contributed by atoms with E-state index in [-0.39, 0.29) is 6.61 Å². The van der Waals surface area contributed by atoms with E-state index in [4.69, 9.17) is 14.2 Å². The van der Waals surface area contributed by atoms with Gasteiger partial charge in [-0.2, -0.15) is 0 Å². The summed E-state index contributed by atoms with van der Waals surface area (Å²) < 4.78 is 29.3. The summed E-state index contributed by atoms with van der Waals surface area (Å²) in [5, 5.41) is 2.94. The average molecular weight is 423 g/mol. The van der Waals surface area contributed by atoms with Crippen LogP contribution >= 0.6 is 7.60 Å². The van der Waals surface area contributed by atoms with Gasteiger partial charge in [0, 0.05) is 25.1 Å². The summed E-state index contributed by atoms with van der Waals surface area (Å²) >= 11 is 0. The van der Waals surface area contributed by atoms with E-state index in [9.17, 15) is 14.4 Å². The van der Waals surface area contributed by atoms with Crippen LogP contribution in [0.15, 0.2) is 59.4 Å². The van der Waals surface area contributed by atoms with Crippen LogP contribution in [0.4, 0.5) is 5.69 Å². The van der Waals surface area contributed by atoms with Gasteiger partial charge in [-0.3, -0.25) is 4.57 Å². The maximum atomic E-state index is 12.4. The van der Waals surface area contributed by atoms with Gasteiger partial charge in [-0.25, -0.2) is 0 Å². The smallest absolute Gasteiger partial charge is 0.352 e. The van der Waals surface area contributed by atoms with Crippen LogP contribution in [0.25, 0.3) is 0 Å². The molecule has 7 nitrogen and oxygen atoms in total. The third kappa shape index (κ3) is 5.73. The quantitative estimate of drug-likeness (QED) is 0.553. The molecule has 0 bridgehead atoms. The van der Waals surface area contributed by atoms with Gasteiger partial charge < -0.3 is 29.3 Å². The Labute approximate surface area is 172 Å². The molecule has 1 aliphatic heterocycles. The molecule has 1 aromatic rings. The first-order valence-electron chi connectivity index (χ1n) is 9.36. The van der Waals surface area contributed by atoms with Crippen molar-refractivity contribution in [3.8, 4) is 5.75 Å². The van der Waals surface area contributed by atoms with Gasteiger partial charge in [0.25, 0.3) is 0 Å². The SMILES string of the molecule is C=C/C(=C1/COC(C)(C)O/C1=C(\C)CC)C(Nc1ccc(OC)cc1)P(=O)(O)O. The molecule has 0 spiro atoms. The Morgan fingerprint density at radius 3 is 2.48 bits per heavy atom. The topological polar surface area (TPSA) is 97.2 Å². The molecule has 3 N–H and O–H groups in total. The Morgan fingerprint density at radius 2 is 2.00 bits per heavy atom. The molecular weight excluding hydrogens is 393 g/mol. The van der Waals surface area contributed by atoms with Crippen LogP contribution in [0.2, 0.25) is 0 Å². The van der Waals surface area contributed by atoms with Crippen molar-refractivity contribution in [2.75, 3.05) is 19.0 Å². The number of ether oxygens (including phenoxy) is 3. The van der Waals surface area contributed by atoms with Crippen LogP contribution in [0.3, 0.4) is 0 Å².